The van der Waals surface area contributed by atoms with Gasteiger partial charge in [0.25, 0.3) is 0 Å². The van der Waals surface area contributed by atoms with E-state index in [-0.39, 0.29) is 5.95 Å². The summed E-state index contributed by atoms with van der Waals surface area (Å²) >= 11 is 0. The zero-order valence-electron chi connectivity index (χ0n) is 16.5. The van der Waals surface area contributed by atoms with Crippen LogP contribution in [0.15, 0.2) is 35.1 Å². The highest BCUT2D eigenvalue weighted by Crippen LogP contribution is 2.32. The average molecular weight is 402 g/mol. The van der Waals surface area contributed by atoms with E-state index in [4.69, 9.17) is 15.2 Å². The molecule has 0 saturated carbocycles. The molecule has 5 aromatic rings. The molecule has 30 heavy (non-hydrogen) atoms. The van der Waals surface area contributed by atoms with Crippen molar-refractivity contribution < 1.29 is 4.52 Å². The van der Waals surface area contributed by atoms with Crippen LogP contribution >= 0.6 is 0 Å². The van der Waals surface area contributed by atoms with Crippen LogP contribution in [0.4, 0.5) is 17.6 Å². The van der Waals surface area contributed by atoms with Crippen molar-refractivity contribution in [1.82, 2.24) is 39.7 Å². The first-order valence-electron chi connectivity index (χ1n) is 9.20. The quantitative estimate of drug-likeness (QED) is 0.412. The Bertz CT molecular complexity index is 1330. The highest BCUT2D eigenvalue weighted by molar-refractivity contribution is 5.78. The molecule has 0 aliphatic rings. The van der Waals surface area contributed by atoms with Gasteiger partial charge < -0.3 is 15.6 Å². The van der Waals surface area contributed by atoms with Gasteiger partial charge in [0.2, 0.25) is 5.95 Å². The standard InChI is InChI=1S/C19H18N10O/c1-9-15(10(2)30-28-9)12-4-5-14-25-18(24-13-6-7-21-27-13)16(29(14)8-12)17-22-11(3)23-19(20)26-17/h4-8H,1-3H3,(H2,21,24,27)(H2,20,22,23,26). The van der Waals surface area contributed by atoms with Crippen LogP contribution in [0, 0.1) is 20.8 Å². The molecule has 0 aromatic carbocycles. The van der Waals surface area contributed by atoms with Crippen molar-refractivity contribution in [3.63, 3.8) is 0 Å². The van der Waals surface area contributed by atoms with Crippen LogP contribution in [-0.4, -0.2) is 39.7 Å². The number of hydrogen-bond acceptors (Lipinski definition) is 9. The third kappa shape index (κ3) is 2.92. The fraction of sp³-hybridized carbons (Fsp3) is 0.158. The molecular weight excluding hydrogens is 384 g/mol. The van der Waals surface area contributed by atoms with Crippen molar-refractivity contribution in [2.24, 2.45) is 0 Å². The molecule has 0 unspecified atom stereocenters. The van der Waals surface area contributed by atoms with Gasteiger partial charge in [0, 0.05) is 23.4 Å². The molecule has 0 saturated heterocycles. The molecule has 11 nitrogen and oxygen atoms in total. The lowest BCUT2D eigenvalue weighted by Crippen LogP contribution is -2.05. The van der Waals surface area contributed by atoms with Crippen LogP contribution < -0.4 is 11.1 Å². The van der Waals surface area contributed by atoms with Crippen molar-refractivity contribution in [3.8, 4) is 22.6 Å². The fourth-order valence-corrected chi connectivity index (χ4v) is 3.45. The van der Waals surface area contributed by atoms with Gasteiger partial charge in [-0.1, -0.05) is 5.16 Å². The van der Waals surface area contributed by atoms with Gasteiger partial charge >= 0.3 is 0 Å². The van der Waals surface area contributed by atoms with E-state index in [0.717, 1.165) is 22.6 Å². The van der Waals surface area contributed by atoms with Gasteiger partial charge in [-0.05, 0) is 32.9 Å². The second-order valence-corrected chi connectivity index (χ2v) is 6.81. The Morgan fingerprint density at radius 3 is 2.63 bits per heavy atom. The maximum absolute atomic E-state index is 5.89. The fourth-order valence-electron chi connectivity index (χ4n) is 3.45. The summed E-state index contributed by atoms with van der Waals surface area (Å²) in [6.45, 7) is 5.56. The summed E-state index contributed by atoms with van der Waals surface area (Å²) in [5, 5.41) is 14.1. The summed E-state index contributed by atoms with van der Waals surface area (Å²) in [7, 11) is 0. The van der Waals surface area contributed by atoms with Gasteiger partial charge in [-0.25, -0.2) is 9.97 Å². The lowest BCUT2D eigenvalue weighted by Gasteiger charge is -2.07. The number of nitrogens with zero attached hydrogens (tertiary/aromatic N) is 7. The van der Waals surface area contributed by atoms with Crippen LogP contribution in [0.5, 0.6) is 0 Å². The average Bonchev–Trinajstić information content (AvgIpc) is 3.40. The minimum atomic E-state index is 0.141. The zero-order valence-corrected chi connectivity index (χ0v) is 16.5. The molecule has 0 bridgehead atoms. The molecule has 5 rings (SSSR count). The number of anilines is 3. The lowest BCUT2D eigenvalue weighted by atomic mass is 10.1. The van der Waals surface area contributed by atoms with E-state index in [2.05, 4.69) is 35.6 Å². The molecule has 0 amide bonds. The van der Waals surface area contributed by atoms with E-state index in [9.17, 15) is 0 Å². The number of aryl methyl sites for hydroxylation is 3. The Morgan fingerprint density at radius 2 is 1.93 bits per heavy atom. The van der Waals surface area contributed by atoms with E-state index in [1.165, 1.54) is 0 Å². The smallest absolute Gasteiger partial charge is 0.223 e. The number of aromatic nitrogens is 8. The van der Waals surface area contributed by atoms with Crippen LogP contribution in [-0.2, 0) is 0 Å². The first-order valence-corrected chi connectivity index (χ1v) is 9.20. The van der Waals surface area contributed by atoms with Crippen molar-refractivity contribution in [3.05, 3.63) is 47.9 Å². The van der Waals surface area contributed by atoms with Gasteiger partial charge in [-0.3, -0.25) is 9.50 Å². The van der Waals surface area contributed by atoms with E-state index in [0.29, 0.717) is 34.6 Å². The molecule has 0 atom stereocenters. The number of nitrogens with two attached hydrogens (primary N) is 1. The van der Waals surface area contributed by atoms with Gasteiger partial charge in [0.05, 0.1) is 11.9 Å². The second-order valence-electron chi connectivity index (χ2n) is 6.81. The van der Waals surface area contributed by atoms with Crippen molar-refractivity contribution in [2.75, 3.05) is 11.1 Å². The summed E-state index contributed by atoms with van der Waals surface area (Å²) in [5.41, 5.74) is 9.93. The number of fused-ring (bicyclic) bond motifs is 1. The van der Waals surface area contributed by atoms with Crippen LogP contribution in [0.25, 0.3) is 28.3 Å². The molecule has 0 spiro atoms. The number of imidazole rings is 1. The molecule has 150 valence electrons. The van der Waals surface area contributed by atoms with Crippen LogP contribution in [0.2, 0.25) is 0 Å². The summed E-state index contributed by atoms with van der Waals surface area (Å²) in [6.07, 6.45) is 3.61. The van der Waals surface area contributed by atoms with Crippen molar-refractivity contribution in [1.29, 1.82) is 0 Å². The topological polar surface area (TPSA) is 149 Å². The number of rotatable bonds is 4. The van der Waals surface area contributed by atoms with Gasteiger partial charge in [0.15, 0.2) is 11.6 Å². The lowest BCUT2D eigenvalue weighted by molar-refractivity contribution is 0.393. The highest BCUT2D eigenvalue weighted by Gasteiger charge is 2.20. The SMILES string of the molecule is Cc1nc(N)nc(-c2c(Nc3ccn[nH]3)nc3ccc(-c4c(C)noc4C)cn23)n1. The minimum absolute atomic E-state index is 0.141. The second kappa shape index (κ2) is 6.65. The Kier molecular flexibility index (Phi) is 3.95. The largest absolute Gasteiger partial charge is 0.368 e. The number of nitrogens with one attached hydrogen (secondary N) is 2. The summed E-state index contributed by atoms with van der Waals surface area (Å²) in [6, 6.07) is 5.70. The van der Waals surface area contributed by atoms with Crippen LogP contribution in [0.3, 0.4) is 0 Å². The van der Waals surface area contributed by atoms with E-state index in [1.54, 1.807) is 19.2 Å². The molecule has 5 aromatic heterocycles. The number of hydrogen-bond donors (Lipinski definition) is 3. The van der Waals surface area contributed by atoms with Gasteiger partial charge in [0.1, 0.15) is 28.7 Å². The van der Waals surface area contributed by atoms with Crippen molar-refractivity contribution in [2.45, 2.75) is 20.8 Å². The molecule has 0 aliphatic carbocycles. The number of pyridine rings is 1. The van der Waals surface area contributed by atoms with E-state index >= 15 is 0 Å². The molecular formula is C19H18N10O. The van der Waals surface area contributed by atoms with Crippen molar-refractivity contribution >= 4 is 23.2 Å². The molecule has 0 aliphatic heterocycles. The summed E-state index contributed by atoms with van der Waals surface area (Å²) in [4.78, 5) is 17.6. The minimum Gasteiger partial charge on any atom is -0.368 e. The third-order valence-electron chi connectivity index (χ3n) is 4.67. The molecule has 5 heterocycles. The normalized spacial score (nSPS) is 11.3. The van der Waals surface area contributed by atoms with Gasteiger partial charge in [-0.2, -0.15) is 15.1 Å². The first kappa shape index (κ1) is 17.8. The third-order valence-corrected chi connectivity index (χ3v) is 4.67. The van der Waals surface area contributed by atoms with E-state index < -0.39 is 0 Å². The number of aromatic amines is 1. The number of H-pyrrole nitrogens is 1. The van der Waals surface area contributed by atoms with E-state index in [1.807, 2.05) is 36.6 Å². The molecule has 4 N–H and O–H groups in total. The monoisotopic (exact) mass is 402 g/mol. The Balaban J connectivity index is 1.77. The Morgan fingerprint density at radius 1 is 1.07 bits per heavy atom. The predicted molar refractivity (Wildman–Crippen MR) is 110 cm³/mol. The number of nitrogen functional groups attached to an aromatic ring is 1. The summed E-state index contributed by atoms with van der Waals surface area (Å²) in [5.74, 6) is 3.04. The Hall–Kier alpha value is -4.28. The Labute approximate surface area is 170 Å². The highest BCUT2D eigenvalue weighted by atomic mass is 16.5. The maximum Gasteiger partial charge on any atom is 0.223 e. The molecule has 11 heteroatoms. The summed E-state index contributed by atoms with van der Waals surface area (Å²) < 4.78 is 7.25. The molecule has 0 fully saturated rings. The first-order chi connectivity index (χ1) is 14.5. The van der Waals surface area contributed by atoms with Gasteiger partial charge in [-0.15, -0.1) is 0 Å². The zero-order chi connectivity index (χ0) is 20.8. The molecule has 0 radical (unpaired) electrons. The van der Waals surface area contributed by atoms with Crippen LogP contribution in [0.1, 0.15) is 17.3 Å². The maximum atomic E-state index is 5.89. The predicted octanol–water partition coefficient (Wildman–Crippen LogP) is 2.82.